The summed E-state index contributed by atoms with van der Waals surface area (Å²) in [7, 11) is 3.10. The predicted octanol–water partition coefficient (Wildman–Crippen LogP) is 5.69. The number of benzene rings is 2. The number of rotatable bonds is 4. The van der Waals surface area contributed by atoms with Crippen LogP contribution in [0.25, 0.3) is 20.4 Å². The van der Waals surface area contributed by atoms with E-state index in [4.69, 9.17) is 9.47 Å². The number of hydrogen-bond donors (Lipinski definition) is 1. The lowest BCUT2D eigenvalue weighted by atomic mass is 10.2. The summed E-state index contributed by atoms with van der Waals surface area (Å²) in [5.41, 5.74) is -0.216. The number of nitrogens with one attached hydrogen (secondary N) is 1. The lowest BCUT2D eigenvalue weighted by Crippen LogP contribution is -2.05. The zero-order valence-electron chi connectivity index (χ0n) is 14.0. The normalized spacial score (nSPS) is 11.9. The lowest BCUT2D eigenvalue weighted by Gasteiger charge is -2.05. The molecule has 0 atom stereocenters. The van der Waals surface area contributed by atoms with Gasteiger partial charge in [-0.2, -0.15) is 13.2 Å². The molecule has 0 aliphatic carbocycles. The van der Waals surface area contributed by atoms with Gasteiger partial charge in [0.1, 0.15) is 21.7 Å². The molecule has 0 aliphatic heterocycles. The van der Waals surface area contributed by atoms with E-state index in [9.17, 15) is 13.2 Å². The Kier molecular flexibility index (Phi) is 4.31. The average Bonchev–Trinajstić information content (AvgIpc) is 3.22. The molecule has 1 N–H and O–H groups in total. The lowest BCUT2D eigenvalue weighted by molar-refractivity contribution is -0.136. The number of thiazole rings is 2. The second kappa shape index (κ2) is 6.54. The number of hydrogen-bond acceptors (Lipinski definition) is 7. The Morgan fingerprint density at radius 2 is 1.56 bits per heavy atom. The summed E-state index contributed by atoms with van der Waals surface area (Å²) in [4.78, 5) is 8.60. The SMILES string of the molecule is COc1ccc(OC)c2sc(Nc3nc4c(C(F)(F)F)cccc4s3)nc12. The molecule has 0 spiro atoms. The third-order valence-electron chi connectivity index (χ3n) is 3.85. The van der Waals surface area contributed by atoms with Crippen LogP contribution in [0.4, 0.5) is 23.4 Å². The molecule has 0 aliphatic rings. The van der Waals surface area contributed by atoms with Crippen LogP contribution in [0.2, 0.25) is 0 Å². The van der Waals surface area contributed by atoms with Crippen molar-refractivity contribution in [2.24, 2.45) is 0 Å². The maximum absolute atomic E-state index is 13.2. The van der Waals surface area contributed by atoms with Gasteiger partial charge in [0.05, 0.1) is 30.0 Å². The highest BCUT2D eigenvalue weighted by Gasteiger charge is 2.33. The van der Waals surface area contributed by atoms with Gasteiger partial charge >= 0.3 is 6.18 Å². The summed E-state index contributed by atoms with van der Waals surface area (Å²) in [6, 6.07) is 7.53. The van der Waals surface area contributed by atoms with Gasteiger partial charge in [-0.15, -0.1) is 0 Å². The molecule has 2 heterocycles. The quantitative estimate of drug-likeness (QED) is 0.468. The van der Waals surface area contributed by atoms with E-state index < -0.39 is 11.7 Å². The van der Waals surface area contributed by atoms with Crippen molar-refractivity contribution in [1.82, 2.24) is 9.97 Å². The summed E-state index contributed by atoms with van der Waals surface area (Å²) in [5.74, 6) is 1.22. The van der Waals surface area contributed by atoms with Crippen LogP contribution in [0.15, 0.2) is 30.3 Å². The minimum atomic E-state index is -4.46. The van der Waals surface area contributed by atoms with Crippen LogP contribution in [0, 0.1) is 0 Å². The molecular weight excluding hydrogens is 399 g/mol. The first-order chi connectivity index (χ1) is 12.9. The van der Waals surface area contributed by atoms with Crippen molar-refractivity contribution in [2.75, 3.05) is 19.5 Å². The van der Waals surface area contributed by atoms with Crippen LogP contribution >= 0.6 is 22.7 Å². The van der Waals surface area contributed by atoms with Gasteiger partial charge in [-0.3, -0.25) is 0 Å². The molecule has 5 nitrogen and oxygen atoms in total. The van der Waals surface area contributed by atoms with Crippen molar-refractivity contribution in [2.45, 2.75) is 6.18 Å². The highest BCUT2D eigenvalue weighted by Crippen LogP contribution is 2.41. The Balaban J connectivity index is 1.76. The molecule has 0 saturated heterocycles. The van der Waals surface area contributed by atoms with Gasteiger partial charge in [0, 0.05) is 0 Å². The maximum atomic E-state index is 13.2. The van der Waals surface area contributed by atoms with Crippen molar-refractivity contribution in [3.8, 4) is 11.5 Å². The van der Waals surface area contributed by atoms with Gasteiger partial charge in [-0.25, -0.2) is 9.97 Å². The van der Waals surface area contributed by atoms with Crippen molar-refractivity contribution >= 4 is 53.4 Å². The molecule has 10 heteroatoms. The molecule has 0 bridgehead atoms. The van der Waals surface area contributed by atoms with Crippen LogP contribution in [0.3, 0.4) is 0 Å². The van der Waals surface area contributed by atoms with E-state index in [1.165, 1.54) is 17.4 Å². The van der Waals surface area contributed by atoms with E-state index in [1.54, 1.807) is 32.4 Å². The number of para-hydroxylation sites is 1. The Morgan fingerprint density at radius 1 is 0.889 bits per heavy atom. The Labute approximate surface area is 159 Å². The number of methoxy groups -OCH3 is 2. The number of ether oxygens (including phenoxy) is 2. The smallest absolute Gasteiger partial charge is 0.418 e. The molecule has 0 saturated carbocycles. The summed E-state index contributed by atoms with van der Waals surface area (Å²) >= 11 is 2.44. The zero-order chi connectivity index (χ0) is 19.2. The number of halogens is 3. The van der Waals surface area contributed by atoms with Crippen LogP contribution < -0.4 is 14.8 Å². The molecule has 0 radical (unpaired) electrons. The number of fused-ring (bicyclic) bond motifs is 2. The van der Waals surface area contributed by atoms with E-state index in [1.807, 2.05) is 0 Å². The fourth-order valence-electron chi connectivity index (χ4n) is 2.66. The van der Waals surface area contributed by atoms with Crippen molar-refractivity contribution in [3.05, 3.63) is 35.9 Å². The number of anilines is 2. The molecule has 4 rings (SSSR count). The van der Waals surface area contributed by atoms with Crippen molar-refractivity contribution in [3.63, 3.8) is 0 Å². The first-order valence-electron chi connectivity index (χ1n) is 7.66. The Morgan fingerprint density at radius 3 is 2.26 bits per heavy atom. The molecule has 27 heavy (non-hydrogen) atoms. The van der Waals surface area contributed by atoms with E-state index in [0.29, 0.717) is 32.0 Å². The molecule has 140 valence electrons. The molecule has 2 aromatic heterocycles. The first kappa shape index (κ1) is 17.8. The second-order valence-electron chi connectivity index (χ2n) is 5.46. The van der Waals surface area contributed by atoms with Gasteiger partial charge < -0.3 is 14.8 Å². The average molecular weight is 411 g/mol. The van der Waals surface area contributed by atoms with Crippen LogP contribution in [-0.2, 0) is 6.18 Å². The fraction of sp³-hybridized carbons (Fsp3) is 0.176. The summed E-state index contributed by atoms with van der Waals surface area (Å²) < 4.78 is 51.4. The topological polar surface area (TPSA) is 56.3 Å². The first-order valence-corrected chi connectivity index (χ1v) is 9.29. The highest BCUT2D eigenvalue weighted by atomic mass is 32.1. The second-order valence-corrected chi connectivity index (χ2v) is 7.49. The van der Waals surface area contributed by atoms with Gasteiger partial charge in [-0.1, -0.05) is 28.7 Å². The van der Waals surface area contributed by atoms with Gasteiger partial charge in [-0.05, 0) is 24.3 Å². The minimum absolute atomic E-state index is 0.0752. The third-order valence-corrected chi connectivity index (χ3v) is 5.77. The third kappa shape index (κ3) is 3.15. The van der Waals surface area contributed by atoms with Gasteiger partial charge in [0.2, 0.25) is 0 Å². The zero-order valence-corrected chi connectivity index (χ0v) is 15.7. The summed E-state index contributed by atoms with van der Waals surface area (Å²) in [6.45, 7) is 0. The van der Waals surface area contributed by atoms with Gasteiger partial charge in [0.25, 0.3) is 0 Å². The van der Waals surface area contributed by atoms with Gasteiger partial charge in [0.15, 0.2) is 10.3 Å². The number of alkyl halides is 3. The Hall–Kier alpha value is -2.59. The number of nitrogens with zero attached hydrogens (tertiary/aromatic N) is 2. The van der Waals surface area contributed by atoms with E-state index in [-0.39, 0.29) is 5.52 Å². The monoisotopic (exact) mass is 411 g/mol. The molecule has 0 fully saturated rings. The standard InChI is InChI=1S/C17H12F3N3O2S2/c1-24-9-6-7-10(25-2)14-13(9)22-16(27-14)23-15-21-12-8(17(18,19)20)4-3-5-11(12)26-15/h3-7H,1-2H3,(H,21,22,23). The van der Waals surface area contributed by atoms with E-state index in [0.717, 1.165) is 22.1 Å². The van der Waals surface area contributed by atoms with Crippen molar-refractivity contribution < 1.29 is 22.6 Å². The van der Waals surface area contributed by atoms with E-state index >= 15 is 0 Å². The molecule has 0 unspecified atom stereocenters. The predicted molar refractivity (Wildman–Crippen MR) is 101 cm³/mol. The van der Waals surface area contributed by atoms with Crippen molar-refractivity contribution in [1.29, 1.82) is 0 Å². The Bertz CT molecular complexity index is 1100. The summed E-state index contributed by atoms with van der Waals surface area (Å²) in [6.07, 6.45) is -4.46. The minimum Gasteiger partial charge on any atom is -0.495 e. The molecule has 4 aromatic rings. The largest absolute Gasteiger partial charge is 0.495 e. The van der Waals surface area contributed by atoms with Crippen LogP contribution in [-0.4, -0.2) is 24.2 Å². The maximum Gasteiger partial charge on any atom is 0.418 e. The molecule has 0 amide bonds. The highest BCUT2D eigenvalue weighted by molar-refractivity contribution is 7.24. The molecule has 2 aromatic carbocycles. The fourth-order valence-corrected chi connectivity index (χ4v) is 4.59. The van der Waals surface area contributed by atoms with Crippen LogP contribution in [0.5, 0.6) is 11.5 Å². The van der Waals surface area contributed by atoms with E-state index in [2.05, 4.69) is 15.3 Å². The molecular formula is C17H12F3N3O2S2. The summed E-state index contributed by atoms with van der Waals surface area (Å²) in [5, 5.41) is 3.82. The number of aromatic nitrogens is 2. The van der Waals surface area contributed by atoms with Crippen LogP contribution in [0.1, 0.15) is 5.56 Å².